The van der Waals surface area contributed by atoms with Crippen molar-refractivity contribution in [3.63, 3.8) is 0 Å². The zero-order valence-electron chi connectivity index (χ0n) is 13.4. The van der Waals surface area contributed by atoms with Gasteiger partial charge in [0, 0.05) is 17.4 Å². The van der Waals surface area contributed by atoms with Crippen molar-refractivity contribution in [2.45, 2.75) is 50.7 Å². The van der Waals surface area contributed by atoms with Crippen LogP contribution >= 0.6 is 0 Å². The van der Waals surface area contributed by atoms with Gasteiger partial charge in [-0.25, -0.2) is 0 Å². The van der Waals surface area contributed by atoms with Gasteiger partial charge in [-0.1, -0.05) is 42.5 Å². The molecule has 2 heterocycles. The molecule has 2 nitrogen and oxygen atoms in total. The van der Waals surface area contributed by atoms with Gasteiger partial charge in [-0.15, -0.1) is 0 Å². The number of benzene rings is 1. The number of fused-ring (bicyclic) bond motifs is 2. The van der Waals surface area contributed by atoms with Gasteiger partial charge in [-0.05, 0) is 38.7 Å². The summed E-state index contributed by atoms with van der Waals surface area (Å²) in [5.74, 6) is 2.28. The third kappa shape index (κ3) is 2.50. The van der Waals surface area contributed by atoms with Gasteiger partial charge >= 0.3 is 0 Å². The minimum absolute atomic E-state index is 0.150. The summed E-state index contributed by atoms with van der Waals surface area (Å²) in [6, 6.07) is 10.8. The van der Waals surface area contributed by atoms with Gasteiger partial charge in [-0.2, -0.15) is 0 Å². The molecular formula is C20H24O2. The maximum atomic E-state index is 6.23. The van der Waals surface area contributed by atoms with E-state index in [0.29, 0.717) is 11.8 Å². The fourth-order valence-corrected chi connectivity index (χ4v) is 4.03. The Morgan fingerprint density at radius 3 is 2.68 bits per heavy atom. The first kappa shape index (κ1) is 14.1. The maximum Gasteiger partial charge on any atom is 0.105 e. The van der Waals surface area contributed by atoms with Gasteiger partial charge in [0.1, 0.15) is 5.76 Å². The third-order valence-electron chi connectivity index (χ3n) is 5.17. The molecule has 1 aromatic rings. The van der Waals surface area contributed by atoms with Crippen molar-refractivity contribution >= 4 is 0 Å². The lowest BCUT2D eigenvalue weighted by atomic mass is 9.77. The average molecular weight is 296 g/mol. The molecule has 4 rings (SSSR count). The van der Waals surface area contributed by atoms with E-state index in [9.17, 15) is 0 Å². The Bertz CT molecular complexity index is 612. The van der Waals surface area contributed by atoms with E-state index in [0.717, 1.165) is 13.0 Å². The summed E-state index contributed by atoms with van der Waals surface area (Å²) >= 11 is 0. The highest BCUT2D eigenvalue weighted by Crippen LogP contribution is 2.45. The smallest absolute Gasteiger partial charge is 0.105 e. The molecule has 3 aliphatic rings. The molecule has 1 aromatic carbocycles. The molecule has 1 saturated heterocycles. The largest absolute Gasteiger partial charge is 0.497 e. The second-order valence-electron chi connectivity index (χ2n) is 7.29. The zero-order chi connectivity index (χ0) is 15.2. The van der Waals surface area contributed by atoms with Gasteiger partial charge in [0.15, 0.2) is 0 Å². The fourth-order valence-electron chi connectivity index (χ4n) is 4.03. The highest BCUT2D eigenvalue weighted by molar-refractivity contribution is 5.35. The van der Waals surface area contributed by atoms with Crippen molar-refractivity contribution in [2.24, 2.45) is 5.92 Å². The fraction of sp³-hybridized carbons (Fsp3) is 0.500. The van der Waals surface area contributed by atoms with E-state index >= 15 is 0 Å². The van der Waals surface area contributed by atoms with Crippen LogP contribution in [0.1, 0.15) is 44.6 Å². The first-order chi connectivity index (χ1) is 10.6. The predicted molar refractivity (Wildman–Crippen MR) is 87.6 cm³/mol. The van der Waals surface area contributed by atoms with E-state index in [-0.39, 0.29) is 11.7 Å². The number of rotatable bonds is 1. The maximum absolute atomic E-state index is 6.23. The van der Waals surface area contributed by atoms with E-state index < -0.39 is 0 Å². The molecule has 0 aromatic heterocycles. The summed E-state index contributed by atoms with van der Waals surface area (Å²) in [5, 5.41) is 0. The zero-order valence-corrected chi connectivity index (χ0v) is 13.4. The van der Waals surface area contributed by atoms with Crippen LogP contribution in [0.2, 0.25) is 0 Å². The molecular weight excluding hydrogens is 272 g/mol. The monoisotopic (exact) mass is 296 g/mol. The van der Waals surface area contributed by atoms with E-state index in [1.54, 1.807) is 0 Å². The molecule has 3 atom stereocenters. The first-order valence-corrected chi connectivity index (χ1v) is 8.41. The van der Waals surface area contributed by atoms with Crippen molar-refractivity contribution in [1.82, 2.24) is 0 Å². The van der Waals surface area contributed by atoms with Gasteiger partial charge < -0.3 is 9.47 Å². The minimum Gasteiger partial charge on any atom is -0.497 e. The summed E-state index contributed by atoms with van der Waals surface area (Å²) in [4.78, 5) is 0. The molecule has 0 radical (unpaired) electrons. The van der Waals surface area contributed by atoms with Crippen LogP contribution in [0.5, 0.6) is 0 Å². The standard InChI is InChI=1S/C20H24O2/c1-20(2)11-10-17-18(22-20)9-8-15-12-16(13-21-19(15)17)14-6-4-3-5-7-14/h3-7,10-11,15-16,18H,8-9,12-13H2,1-2H3. The van der Waals surface area contributed by atoms with Crippen LogP contribution in [-0.4, -0.2) is 18.3 Å². The molecule has 0 saturated carbocycles. The second-order valence-corrected chi connectivity index (χ2v) is 7.29. The lowest BCUT2D eigenvalue weighted by Crippen LogP contribution is -2.38. The molecule has 0 amide bonds. The van der Waals surface area contributed by atoms with Crippen LogP contribution in [0.25, 0.3) is 0 Å². The Labute approximate surface area is 132 Å². The SMILES string of the molecule is CC1(C)C=CC2=C3OCC(c4ccccc4)CC3CCC2O1. The number of hydrogen-bond donors (Lipinski definition) is 0. The molecule has 1 aliphatic carbocycles. The van der Waals surface area contributed by atoms with Crippen LogP contribution in [0.4, 0.5) is 0 Å². The molecule has 0 spiro atoms. The summed E-state index contributed by atoms with van der Waals surface area (Å²) < 4.78 is 12.4. The topological polar surface area (TPSA) is 18.5 Å². The van der Waals surface area contributed by atoms with Crippen LogP contribution in [0.3, 0.4) is 0 Å². The Kier molecular flexibility index (Phi) is 3.37. The van der Waals surface area contributed by atoms with Crippen molar-refractivity contribution in [3.8, 4) is 0 Å². The van der Waals surface area contributed by atoms with Crippen LogP contribution < -0.4 is 0 Å². The lowest BCUT2D eigenvalue weighted by Gasteiger charge is -2.42. The van der Waals surface area contributed by atoms with Gasteiger partial charge in [0.25, 0.3) is 0 Å². The molecule has 2 aliphatic heterocycles. The van der Waals surface area contributed by atoms with Crippen LogP contribution in [0.15, 0.2) is 53.8 Å². The van der Waals surface area contributed by atoms with Gasteiger partial charge in [0.05, 0.1) is 18.3 Å². The molecule has 0 N–H and O–H groups in total. The Morgan fingerprint density at radius 2 is 1.86 bits per heavy atom. The highest BCUT2D eigenvalue weighted by Gasteiger charge is 2.39. The minimum atomic E-state index is -0.150. The predicted octanol–water partition coefficient (Wildman–Crippen LogP) is 4.59. The summed E-state index contributed by atoms with van der Waals surface area (Å²) in [6.07, 6.45) is 8.13. The third-order valence-corrected chi connectivity index (χ3v) is 5.17. The van der Waals surface area contributed by atoms with Gasteiger partial charge in [0.2, 0.25) is 0 Å². The molecule has 1 fully saturated rings. The lowest BCUT2D eigenvalue weighted by molar-refractivity contribution is -0.0470. The quantitative estimate of drug-likeness (QED) is 0.754. The van der Waals surface area contributed by atoms with Crippen molar-refractivity contribution in [1.29, 1.82) is 0 Å². The van der Waals surface area contributed by atoms with E-state index in [4.69, 9.17) is 9.47 Å². The molecule has 2 heteroatoms. The van der Waals surface area contributed by atoms with E-state index in [2.05, 4.69) is 56.3 Å². The summed E-state index contributed by atoms with van der Waals surface area (Å²) in [5.41, 5.74) is 2.55. The molecule has 116 valence electrons. The summed E-state index contributed by atoms with van der Waals surface area (Å²) in [6.45, 7) is 5.05. The van der Waals surface area contributed by atoms with Crippen molar-refractivity contribution < 1.29 is 9.47 Å². The average Bonchev–Trinajstić information content (AvgIpc) is 2.54. The normalized spacial score (nSPS) is 32.9. The second kappa shape index (κ2) is 5.27. The Hall–Kier alpha value is -1.54. The summed E-state index contributed by atoms with van der Waals surface area (Å²) in [7, 11) is 0. The Morgan fingerprint density at radius 1 is 1.05 bits per heavy atom. The molecule has 0 bridgehead atoms. The van der Waals surface area contributed by atoms with Crippen LogP contribution in [0, 0.1) is 5.92 Å². The first-order valence-electron chi connectivity index (χ1n) is 8.41. The van der Waals surface area contributed by atoms with E-state index in [1.807, 2.05) is 0 Å². The van der Waals surface area contributed by atoms with Crippen LogP contribution in [-0.2, 0) is 9.47 Å². The van der Waals surface area contributed by atoms with Crippen molar-refractivity contribution in [2.75, 3.05) is 6.61 Å². The molecule has 22 heavy (non-hydrogen) atoms. The van der Waals surface area contributed by atoms with E-state index in [1.165, 1.54) is 29.7 Å². The van der Waals surface area contributed by atoms with Crippen molar-refractivity contribution in [3.05, 3.63) is 59.4 Å². The number of ether oxygens (including phenoxy) is 2. The van der Waals surface area contributed by atoms with Gasteiger partial charge in [-0.3, -0.25) is 0 Å². The number of hydrogen-bond acceptors (Lipinski definition) is 2. The number of allylic oxidation sites excluding steroid dienone is 1. The molecule has 3 unspecified atom stereocenters. The highest BCUT2D eigenvalue weighted by atomic mass is 16.5. The Balaban J connectivity index is 1.59.